The Hall–Kier alpha value is -2.14. The molecule has 1 N–H and O–H groups in total. The quantitative estimate of drug-likeness (QED) is 0.808. The van der Waals surface area contributed by atoms with E-state index >= 15 is 0 Å². The summed E-state index contributed by atoms with van der Waals surface area (Å²) in [6.45, 7) is 1.08. The first-order valence-electron chi connectivity index (χ1n) is 5.97. The molecule has 2 aromatic rings. The van der Waals surface area contributed by atoms with Crippen molar-refractivity contribution in [2.45, 2.75) is 6.42 Å². The van der Waals surface area contributed by atoms with Crippen LogP contribution in [0.25, 0.3) is 10.9 Å². The molecule has 0 bridgehead atoms. The third-order valence-electron chi connectivity index (χ3n) is 2.65. The fourth-order valence-corrected chi connectivity index (χ4v) is 1.76. The number of pyridine rings is 1. The van der Waals surface area contributed by atoms with Crippen LogP contribution in [0.15, 0.2) is 30.3 Å². The van der Waals surface area contributed by atoms with E-state index < -0.39 is 5.97 Å². The van der Waals surface area contributed by atoms with Gasteiger partial charge in [0.25, 0.3) is 0 Å². The molecule has 0 aliphatic heterocycles. The molecule has 1 heterocycles. The zero-order valence-corrected chi connectivity index (χ0v) is 10.6. The first-order valence-corrected chi connectivity index (χ1v) is 5.97. The summed E-state index contributed by atoms with van der Waals surface area (Å²) >= 11 is 0. The van der Waals surface area contributed by atoms with Crippen LogP contribution >= 0.6 is 0 Å². The van der Waals surface area contributed by atoms with E-state index in [1.807, 2.05) is 18.2 Å². The molecule has 0 atom stereocenters. The SMILES string of the molecule is COCCCOc1cc(C(=O)O)nc2ccccc12. The van der Waals surface area contributed by atoms with Gasteiger partial charge in [-0.15, -0.1) is 0 Å². The molecule has 5 nitrogen and oxygen atoms in total. The second kappa shape index (κ2) is 6.15. The highest BCUT2D eigenvalue weighted by atomic mass is 16.5. The molecule has 0 saturated carbocycles. The zero-order chi connectivity index (χ0) is 13.7. The van der Waals surface area contributed by atoms with Gasteiger partial charge in [-0.2, -0.15) is 0 Å². The third kappa shape index (κ3) is 3.20. The Morgan fingerprint density at radius 2 is 2.11 bits per heavy atom. The van der Waals surface area contributed by atoms with Crippen molar-refractivity contribution in [3.63, 3.8) is 0 Å². The van der Waals surface area contributed by atoms with Gasteiger partial charge in [0.2, 0.25) is 0 Å². The Morgan fingerprint density at radius 3 is 2.84 bits per heavy atom. The van der Waals surface area contributed by atoms with Gasteiger partial charge < -0.3 is 14.6 Å². The lowest BCUT2D eigenvalue weighted by Crippen LogP contribution is -2.05. The van der Waals surface area contributed by atoms with Crippen molar-refractivity contribution in [3.8, 4) is 5.75 Å². The van der Waals surface area contributed by atoms with E-state index in [0.29, 0.717) is 24.5 Å². The van der Waals surface area contributed by atoms with E-state index in [2.05, 4.69) is 4.98 Å². The van der Waals surface area contributed by atoms with Crippen LogP contribution in [0.2, 0.25) is 0 Å². The number of hydrogen-bond acceptors (Lipinski definition) is 4. The smallest absolute Gasteiger partial charge is 0.354 e. The molecular weight excluding hydrogens is 246 g/mol. The molecule has 100 valence electrons. The van der Waals surface area contributed by atoms with Crippen molar-refractivity contribution >= 4 is 16.9 Å². The fraction of sp³-hybridized carbons (Fsp3) is 0.286. The second-order valence-corrected chi connectivity index (χ2v) is 4.02. The molecular formula is C14H15NO4. The Kier molecular flexibility index (Phi) is 4.30. The van der Waals surface area contributed by atoms with Gasteiger partial charge in [0, 0.05) is 31.6 Å². The molecule has 2 rings (SSSR count). The molecule has 5 heteroatoms. The Bertz CT molecular complexity index is 583. The number of carboxylic acid groups (broad SMARTS) is 1. The number of rotatable bonds is 6. The van der Waals surface area contributed by atoms with Gasteiger partial charge in [-0.1, -0.05) is 12.1 Å². The molecule has 0 unspecified atom stereocenters. The van der Waals surface area contributed by atoms with Gasteiger partial charge in [-0.3, -0.25) is 0 Å². The van der Waals surface area contributed by atoms with E-state index in [1.54, 1.807) is 13.2 Å². The summed E-state index contributed by atoms with van der Waals surface area (Å²) in [4.78, 5) is 15.1. The molecule has 0 saturated heterocycles. The van der Waals surface area contributed by atoms with Gasteiger partial charge in [-0.25, -0.2) is 9.78 Å². The van der Waals surface area contributed by atoms with Crippen LogP contribution in [0.4, 0.5) is 0 Å². The van der Waals surface area contributed by atoms with Crippen LogP contribution < -0.4 is 4.74 Å². The summed E-state index contributed by atoms with van der Waals surface area (Å²) in [6.07, 6.45) is 0.746. The Labute approximate surface area is 110 Å². The number of ether oxygens (including phenoxy) is 2. The molecule has 0 aliphatic carbocycles. The number of carbonyl (C=O) groups is 1. The molecule has 0 fully saturated rings. The van der Waals surface area contributed by atoms with Crippen molar-refractivity contribution in [1.29, 1.82) is 0 Å². The van der Waals surface area contributed by atoms with Gasteiger partial charge >= 0.3 is 5.97 Å². The minimum Gasteiger partial charge on any atom is -0.493 e. The summed E-state index contributed by atoms with van der Waals surface area (Å²) in [5.41, 5.74) is 0.601. The van der Waals surface area contributed by atoms with E-state index in [0.717, 1.165) is 11.8 Å². The van der Waals surface area contributed by atoms with E-state index in [1.165, 1.54) is 6.07 Å². The van der Waals surface area contributed by atoms with Gasteiger partial charge in [0.15, 0.2) is 5.69 Å². The maximum Gasteiger partial charge on any atom is 0.354 e. The van der Waals surface area contributed by atoms with Crippen LogP contribution in [-0.2, 0) is 4.74 Å². The van der Waals surface area contributed by atoms with Crippen molar-refractivity contribution in [3.05, 3.63) is 36.0 Å². The number of para-hydroxylation sites is 1. The Balaban J connectivity index is 2.31. The van der Waals surface area contributed by atoms with Crippen molar-refractivity contribution in [2.24, 2.45) is 0 Å². The maximum absolute atomic E-state index is 11.0. The van der Waals surface area contributed by atoms with Crippen molar-refractivity contribution < 1.29 is 19.4 Å². The van der Waals surface area contributed by atoms with Gasteiger partial charge in [0.05, 0.1) is 12.1 Å². The van der Waals surface area contributed by atoms with Gasteiger partial charge in [0.1, 0.15) is 5.75 Å². The minimum atomic E-state index is -1.06. The minimum absolute atomic E-state index is 0.0135. The number of nitrogens with zero attached hydrogens (tertiary/aromatic N) is 1. The highest BCUT2D eigenvalue weighted by Gasteiger charge is 2.11. The van der Waals surface area contributed by atoms with Crippen molar-refractivity contribution in [1.82, 2.24) is 4.98 Å². The molecule has 0 amide bonds. The first kappa shape index (κ1) is 13.3. The van der Waals surface area contributed by atoms with Crippen LogP contribution in [0.1, 0.15) is 16.9 Å². The molecule has 1 aromatic carbocycles. The third-order valence-corrected chi connectivity index (χ3v) is 2.65. The van der Waals surface area contributed by atoms with Crippen LogP contribution in [0, 0.1) is 0 Å². The predicted octanol–water partition coefficient (Wildman–Crippen LogP) is 2.35. The number of fused-ring (bicyclic) bond motifs is 1. The van der Waals surface area contributed by atoms with Crippen LogP contribution in [0.5, 0.6) is 5.75 Å². The summed E-state index contributed by atoms with van der Waals surface area (Å²) in [7, 11) is 1.63. The molecule has 0 aliphatic rings. The van der Waals surface area contributed by atoms with E-state index in [-0.39, 0.29) is 5.69 Å². The van der Waals surface area contributed by atoms with E-state index in [4.69, 9.17) is 14.6 Å². The lowest BCUT2D eigenvalue weighted by Gasteiger charge is -2.09. The summed E-state index contributed by atoms with van der Waals surface area (Å²) in [5.74, 6) is -0.522. The standard InChI is InChI=1S/C14H15NO4/c1-18-7-4-8-19-13-9-12(14(16)17)15-11-6-3-2-5-10(11)13/h2-3,5-6,9H,4,7-8H2,1H3,(H,16,17). The number of carboxylic acids is 1. The Morgan fingerprint density at radius 1 is 1.32 bits per heavy atom. The zero-order valence-electron chi connectivity index (χ0n) is 10.6. The molecule has 19 heavy (non-hydrogen) atoms. The summed E-state index contributed by atoms with van der Waals surface area (Å²) in [6, 6.07) is 8.77. The maximum atomic E-state index is 11.0. The fourth-order valence-electron chi connectivity index (χ4n) is 1.76. The number of aromatic carboxylic acids is 1. The molecule has 1 aromatic heterocycles. The lowest BCUT2D eigenvalue weighted by molar-refractivity contribution is 0.0690. The number of hydrogen-bond donors (Lipinski definition) is 1. The average Bonchev–Trinajstić information content (AvgIpc) is 2.43. The molecule has 0 spiro atoms. The highest BCUT2D eigenvalue weighted by molar-refractivity contribution is 5.93. The lowest BCUT2D eigenvalue weighted by atomic mass is 10.2. The average molecular weight is 261 g/mol. The number of aromatic nitrogens is 1. The van der Waals surface area contributed by atoms with Crippen LogP contribution in [-0.4, -0.2) is 36.4 Å². The van der Waals surface area contributed by atoms with Crippen LogP contribution in [0.3, 0.4) is 0 Å². The highest BCUT2D eigenvalue weighted by Crippen LogP contribution is 2.25. The summed E-state index contributed by atoms with van der Waals surface area (Å²) in [5, 5.41) is 9.85. The predicted molar refractivity (Wildman–Crippen MR) is 70.7 cm³/mol. The normalized spacial score (nSPS) is 10.6. The van der Waals surface area contributed by atoms with Gasteiger partial charge in [-0.05, 0) is 12.1 Å². The topological polar surface area (TPSA) is 68.7 Å². The van der Waals surface area contributed by atoms with Crippen molar-refractivity contribution in [2.75, 3.05) is 20.3 Å². The second-order valence-electron chi connectivity index (χ2n) is 4.02. The summed E-state index contributed by atoms with van der Waals surface area (Å²) < 4.78 is 10.6. The monoisotopic (exact) mass is 261 g/mol. The number of benzene rings is 1. The van der Waals surface area contributed by atoms with E-state index in [9.17, 15) is 4.79 Å². The molecule has 0 radical (unpaired) electrons. The number of methoxy groups -OCH3 is 1. The largest absolute Gasteiger partial charge is 0.493 e. The first-order chi connectivity index (χ1) is 9.22.